The maximum atomic E-state index is 12.7. The van der Waals surface area contributed by atoms with Crippen LogP contribution in [0.4, 0.5) is 0 Å². The molecule has 0 saturated carbocycles. The largest absolute Gasteiger partial charge is 0.375 e. The third kappa shape index (κ3) is 3.92. The maximum absolute atomic E-state index is 12.7. The summed E-state index contributed by atoms with van der Waals surface area (Å²) in [5.74, 6) is 0.573. The monoisotopic (exact) mass is 357 g/mol. The predicted octanol–water partition coefficient (Wildman–Crippen LogP) is 2.51. The number of rotatable bonds is 3. The molecule has 2 fully saturated rings. The van der Waals surface area contributed by atoms with Crippen LogP contribution in [-0.2, 0) is 11.3 Å². The average Bonchev–Trinajstić information content (AvgIpc) is 3.09. The van der Waals surface area contributed by atoms with Crippen LogP contribution >= 0.6 is 11.3 Å². The van der Waals surface area contributed by atoms with Crippen LogP contribution in [0.25, 0.3) is 0 Å². The van der Waals surface area contributed by atoms with Gasteiger partial charge < -0.3 is 9.64 Å². The molecule has 2 aromatic rings. The zero-order valence-corrected chi connectivity index (χ0v) is 15.0. The van der Waals surface area contributed by atoms with Crippen LogP contribution in [-0.4, -0.2) is 59.6 Å². The first-order valence-electron chi connectivity index (χ1n) is 8.84. The summed E-state index contributed by atoms with van der Waals surface area (Å²) in [5, 5.41) is 3.89. The van der Waals surface area contributed by atoms with Crippen LogP contribution in [0.15, 0.2) is 41.4 Å². The van der Waals surface area contributed by atoms with Gasteiger partial charge in [-0.2, -0.15) is 11.3 Å². The van der Waals surface area contributed by atoms with Gasteiger partial charge in [-0.3, -0.25) is 14.7 Å². The minimum atomic E-state index is 0.143. The number of aromatic nitrogens is 1. The summed E-state index contributed by atoms with van der Waals surface area (Å²) >= 11 is 1.57. The Morgan fingerprint density at radius 1 is 1.24 bits per heavy atom. The van der Waals surface area contributed by atoms with Crippen LogP contribution in [0.1, 0.15) is 22.3 Å². The van der Waals surface area contributed by atoms with Gasteiger partial charge in [-0.15, -0.1) is 0 Å². The van der Waals surface area contributed by atoms with E-state index in [4.69, 9.17) is 4.74 Å². The van der Waals surface area contributed by atoms with Crippen molar-refractivity contribution < 1.29 is 9.53 Å². The molecular formula is C19H23N3O2S. The second-order valence-electron chi connectivity index (χ2n) is 6.81. The fourth-order valence-corrected chi connectivity index (χ4v) is 4.39. The van der Waals surface area contributed by atoms with Crippen LogP contribution in [0, 0.1) is 5.92 Å². The quantitative estimate of drug-likeness (QED) is 0.847. The smallest absolute Gasteiger partial charge is 0.254 e. The lowest BCUT2D eigenvalue weighted by atomic mass is 9.93. The summed E-state index contributed by atoms with van der Waals surface area (Å²) in [6.45, 7) is 5.04. The van der Waals surface area contributed by atoms with Gasteiger partial charge in [-0.05, 0) is 42.1 Å². The van der Waals surface area contributed by atoms with Gasteiger partial charge >= 0.3 is 0 Å². The fourth-order valence-electron chi connectivity index (χ4n) is 3.76. The molecule has 2 atom stereocenters. The van der Waals surface area contributed by atoms with Crippen molar-refractivity contribution in [2.24, 2.45) is 5.92 Å². The highest BCUT2D eigenvalue weighted by Crippen LogP contribution is 2.26. The van der Waals surface area contributed by atoms with Crippen molar-refractivity contribution >= 4 is 17.2 Å². The number of carbonyl (C=O) groups excluding carboxylic acids is 1. The normalized spacial score (nSPS) is 24.6. The van der Waals surface area contributed by atoms with Crippen LogP contribution in [0.5, 0.6) is 0 Å². The van der Waals surface area contributed by atoms with E-state index in [1.807, 2.05) is 34.1 Å². The number of thiophene rings is 1. The summed E-state index contributed by atoms with van der Waals surface area (Å²) in [4.78, 5) is 21.2. The molecule has 2 aromatic heterocycles. The predicted molar refractivity (Wildman–Crippen MR) is 97.6 cm³/mol. The molecule has 0 radical (unpaired) electrons. The molecule has 4 heterocycles. The Bertz CT molecular complexity index is 692. The molecule has 25 heavy (non-hydrogen) atoms. The molecule has 2 aliphatic heterocycles. The van der Waals surface area contributed by atoms with Crippen molar-refractivity contribution in [2.75, 3.05) is 32.8 Å². The van der Waals surface area contributed by atoms with Crippen LogP contribution < -0.4 is 0 Å². The number of pyridine rings is 1. The Hall–Kier alpha value is -1.76. The third-order valence-corrected chi connectivity index (χ3v) is 5.82. The summed E-state index contributed by atoms with van der Waals surface area (Å²) in [5.41, 5.74) is 2.09. The minimum Gasteiger partial charge on any atom is -0.375 e. The summed E-state index contributed by atoms with van der Waals surface area (Å²) in [7, 11) is 0. The number of nitrogens with zero attached hydrogens (tertiary/aromatic N) is 3. The number of hydrogen-bond donors (Lipinski definition) is 0. The highest BCUT2D eigenvalue weighted by molar-refractivity contribution is 7.08. The van der Waals surface area contributed by atoms with Crippen molar-refractivity contribution in [3.63, 3.8) is 0 Å². The van der Waals surface area contributed by atoms with E-state index in [-0.39, 0.29) is 12.0 Å². The molecule has 6 heteroatoms. The average molecular weight is 357 g/mol. The van der Waals surface area contributed by atoms with Gasteiger partial charge in [0.1, 0.15) is 0 Å². The maximum Gasteiger partial charge on any atom is 0.254 e. The molecule has 4 rings (SSSR count). The first-order valence-corrected chi connectivity index (χ1v) is 9.78. The van der Waals surface area contributed by atoms with Crippen molar-refractivity contribution in [1.29, 1.82) is 0 Å². The van der Waals surface area contributed by atoms with E-state index in [2.05, 4.69) is 22.0 Å². The van der Waals surface area contributed by atoms with Gasteiger partial charge in [0.25, 0.3) is 5.91 Å². The molecule has 1 amide bonds. The van der Waals surface area contributed by atoms with E-state index in [1.54, 1.807) is 11.3 Å². The van der Waals surface area contributed by atoms with Gasteiger partial charge in [-0.1, -0.05) is 0 Å². The highest BCUT2D eigenvalue weighted by Gasteiger charge is 2.34. The third-order valence-electron chi connectivity index (χ3n) is 5.14. The molecule has 132 valence electrons. The number of likely N-dealkylation sites (tertiary alicyclic amines) is 1. The van der Waals surface area contributed by atoms with E-state index < -0.39 is 0 Å². The van der Waals surface area contributed by atoms with Gasteiger partial charge in [0, 0.05) is 49.9 Å². The number of amides is 1. The summed E-state index contributed by atoms with van der Waals surface area (Å²) in [6, 6.07) is 6.05. The SMILES string of the molecule is O=C(c1ccsc1)N1CCO[C@@H]2CN(Cc3ccncc3)CC[C@@H]2C1. The lowest BCUT2D eigenvalue weighted by Crippen LogP contribution is -2.47. The van der Waals surface area contributed by atoms with E-state index in [1.165, 1.54) is 5.56 Å². The standard InChI is InChI=1S/C19H23N3O2S/c23-19(17-4-10-25-14-17)22-8-9-24-18-13-21(7-3-16(18)12-22)11-15-1-5-20-6-2-15/h1-2,4-6,10,14,16,18H,3,7-9,11-13H2/t16-,18-/m1/s1. The van der Waals surface area contributed by atoms with Gasteiger partial charge in [0.15, 0.2) is 0 Å². The van der Waals surface area contributed by atoms with E-state index in [9.17, 15) is 4.79 Å². The van der Waals surface area contributed by atoms with Crippen molar-refractivity contribution in [2.45, 2.75) is 19.1 Å². The Morgan fingerprint density at radius 3 is 2.92 bits per heavy atom. The van der Waals surface area contributed by atoms with Crippen LogP contribution in [0.2, 0.25) is 0 Å². The number of hydrogen-bond acceptors (Lipinski definition) is 5. The summed E-state index contributed by atoms with van der Waals surface area (Å²) < 4.78 is 6.13. The van der Waals surface area contributed by atoms with Crippen molar-refractivity contribution in [3.8, 4) is 0 Å². The molecule has 0 unspecified atom stereocenters. The van der Waals surface area contributed by atoms with Crippen molar-refractivity contribution in [3.05, 3.63) is 52.5 Å². The summed E-state index contributed by atoms with van der Waals surface area (Å²) in [6.07, 6.45) is 4.98. The van der Waals surface area contributed by atoms with Gasteiger partial charge in [0.05, 0.1) is 18.3 Å². The van der Waals surface area contributed by atoms with E-state index >= 15 is 0 Å². The molecule has 0 N–H and O–H groups in total. The molecule has 2 aliphatic rings. The first-order chi connectivity index (χ1) is 12.3. The second kappa shape index (κ2) is 7.64. The molecule has 0 bridgehead atoms. The van der Waals surface area contributed by atoms with Crippen molar-refractivity contribution in [1.82, 2.24) is 14.8 Å². The number of carbonyl (C=O) groups is 1. The molecule has 2 saturated heterocycles. The molecule has 0 spiro atoms. The zero-order valence-electron chi connectivity index (χ0n) is 14.2. The first kappa shape index (κ1) is 16.7. The Kier molecular flexibility index (Phi) is 5.10. The fraction of sp³-hybridized carbons (Fsp3) is 0.474. The zero-order chi connectivity index (χ0) is 17.1. The Balaban J connectivity index is 1.38. The number of ether oxygens (including phenoxy) is 1. The lowest BCUT2D eigenvalue weighted by molar-refractivity contribution is -0.0241. The van der Waals surface area contributed by atoms with Gasteiger partial charge in [0.2, 0.25) is 0 Å². The molecule has 0 aliphatic carbocycles. The number of fused-ring (bicyclic) bond motifs is 1. The molecule has 5 nitrogen and oxygen atoms in total. The lowest BCUT2D eigenvalue weighted by Gasteiger charge is -2.38. The van der Waals surface area contributed by atoms with Crippen LogP contribution in [0.3, 0.4) is 0 Å². The van der Waals surface area contributed by atoms with E-state index in [0.29, 0.717) is 19.1 Å². The topological polar surface area (TPSA) is 45.7 Å². The minimum absolute atomic E-state index is 0.143. The molecular weight excluding hydrogens is 334 g/mol. The molecule has 0 aromatic carbocycles. The highest BCUT2D eigenvalue weighted by atomic mass is 32.1. The Morgan fingerprint density at radius 2 is 2.12 bits per heavy atom. The second-order valence-corrected chi connectivity index (χ2v) is 7.59. The van der Waals surface area contributed by atoms with Gasteiger partial charge in [-0.25, -0.2) is 0 Å². The number of piperidine rings is 1. The van der Waals surface area contributed by atoms with E-state index in [0.717, 1.165) is 38.2 Å². The Labute approximate surface area is 152 Å².